The second kappa shape index (κ2) is 9.38. The first-order chi connectivity index (χ1) is 12.8. The minimum Gasteiger partial charge on any atom is -0.321 e. The minimum absolute atomic E-state index is 0.0903. The Morgan fingerprint density at radius 2 is 1.81 bits per heavy atom. The number of quaternary nitrogens is 1. The molecule has 0 saturated carbocycles. The van der Waals surface area contributed by atoms with E-state index < -0.39 is 6.04 Å². The highest BCUT2D eigenvalue weighted by Gasteiger charge is 2.24. The van der Waals surface area contributed by atoms with Crippen LogP contribution in [0.3, 0.4) is 0 Å². The number of hydrogen-bond acceptors (Lipinski definition) is 3. The lowest BCUT2D eigenvalue weighted by Gasteiger charge is -2.20. The number of carbonyl (C=O) groups excluding carboxylic acids is 2. The van der Waals surface area contributed by atoms with E-state index in [9.17, 15) is 9.59 Å². The van der Waals surface area contributed by atoms with Crippen molar-refractivity contribution in [3.8, 4) is 6.07 Å². The van der Waals surface area contributed by atoms with Gasteiger partial charge in [0.1, 0.15) is 0 Å². The molecule has 8 heteroatoms. The molecule has 27 heavy (non-hydrogen) atoms. The molecular formula is C19H19Cl2N4O2+. The zero-order chi connectivity index (χ0) is 20.0. The Morgan fingerprint density at radius 1 is 1.11 bits per heavy atom. The Hall–Kier alpha value is -2.59. The number of amides is 2. The molecule has 0 fully saturated rings. The molecule has 0 aliphatic carbocycles. The number of carbonyl (C=O) groups is 2. The third-order valence-corrected chi connectivity index (χ3v) is 4.77. The predicted octanol–water partition coefficient (Wildman–Crippen LogP) is 2.35. The zero-order valence-corrected chi connectivity index (χ0v) is 16.4. The molecule has 0 radical (unpaired) electrons. The van der Waals surface area contributed by atoms with Crippen LogP contribution in [0.4, 0.5) is 11.4 Å². The van der Waals surface area contributed by atoms with E-state index in [1.165, 1.54) is 0 Å². The molecule has 2 atom stereocenters. The summed E-state index contributed by atoms with van der Waals surface area (Å²) in [5, 5.41) is 15.2. The maximum atomic E-state index is 12.4. The number of halogens is 2. The van der Waals surface area contributed by atoms with Crippen molar-refractivity contribution in [3.05, 3.63) is 58.1 Å². The number of rotatable bonds is 6. The first kappa shape index (κ1) is 20.7. The molecular weight excluding hydrogens is 387 g/mol. The number of anilines is 2. The summed E-state index contributed by atoms with van der Waals surface area (Å²) in [7, 11) is 1.75. The van der Waals surface area contributed by atoms with E-state index in [4.69, 9.17) is 28.5 Å². The fourth-order valence-corrected chi connectivity index (χ4v) is 2.62. The SMILES string of the molecule is C[C@@H](C(=O)Nc1cccc(C#N)c1)[NH+](C)CC(=O)Nc1ccc(Cl)c(Cl)c1. The highest BCUT2D eigenvalue weighted by Crippen LogP contribution is 2.24. The molecule has 0 spiro atoms. The van der Waals surface area contributed by atoms with Crippen molar-refractivity contribution in [1.82, 2.24) is 0 Å². The third kappa shape index (κ3) is 5.97. The van der Waals surface area contributed by atoms with Crippen LogP contribution < -0.4 is 15.5 Å². The monoisotopic (exact) mass is 405 g/mol. The summed E-state index contributed by atoms with van der Waals surface area (Å²) in [6, 6.07) is 13.0. The topological polar surface area (TPSA) is 86.4 Å². The van der Waals surface area contributed by atoms with Crippen molar-refractivity contribution in [2.24, 2.45) is 0 Å². The largest absolute Gasteiger partial charge is 0.321 e. The second-order valence-corrected chi connectivity index (χ2v) is 6.92. The molecule has 2 amide bonds. The first-order valence-corrected chi connectivity index (χ1v) is 8.94. The van der Waals surface area contributed by atoms with Gasteiger partial charge >= 0.3 is 0 Å². The van der Waals surface area contributed by atoms with Crippen molar-refractivity contribution < 1.29 is 14.5 Å². The van der Waals surface area contributed by atoms with Gasteiger partial charge in [0.15, 0.2) is 12.6 Å². The zero-order valence-electron chi connectivity index (χ0n) is 14.8. The summed E-state index contributed by atoms with van der Waals surface area (Å²) in [5.41, 5.74) is 1.54. The summed E-state index contributed by atoms with van der Waals surface area (Å²) >= 11 is 11.8. The molecule has 0 aromatic heterocycles. The molecule has 6 nitrogen and oxygen atoms in total. The average molecular weight is 406 g/mol. The summed E-state index contributed by atoms with van der Waals surface area (Å²) in [5.74, 6) is -0.498. The summed E-state index contributed by atoms with van der Waals surface area (Å²) in [6.45, 7) is 1.82. The van der Waals surface area contributed by atoms with Crippen molar-refractivity contribution in [2.75, 3.05) is 24.2 Å². The third-order valence-electron chi connectivity index (χ3n) is 4.03. The van der Waals surface area contributed by atoms with Crippen molar-refractivity contribution in [2.45, 2.75) is 13.0 Å². The maximum Gasteiger partial charge on any atom is 0.282 e. The number of nitriles is 1. The van der Waals surface area contributed by atoms with Gasteiger partial charge in [0.05, 0.1) is 28.7 Å². The lowest BCUT2D eigenvalue weighted by molar-refractivity contribution is -0.885. The van der Waals surface area contributed by atoms with Crippen LogP contribution in [-0.4, -0.2) is 31.4 Å². The lowest BCUT2D eigenvalue weighted by Crippen LogP contribution is -3.14. The number of likely N-dealkylation sites (N-methyl/N-ethyl adjacent to an activating group) is 1. The summed E-state index contributed by atoms with van der Waals surface area (Å²) < 4.78 is 0. The van der Waals surface area contributed by atoms with Crippen LogP contribution in [0, 0.1) is 11.3 Å². The Balaban J connectivity index is 1.92. The van der Waals surface area contributed by atoms with E-state index in [1.54, 1.807) is 56.4 Å². The Morgan fingerprint density at radius 3 is 2.48 bits per heavy atom. The fourth-order valence-electron chi connectivity index (χ4n) is 2.33. The smallest absolute Gasteiger partial charge is 0.282 e. The average Bonchev–Trinajstić information content (AvgIpc) is 2.64. The first-order valence-electron chi connectivity index (χ1n) is 8.18. The van der Waals surface area contributed by atoms with Crippen molar-refractivity contribution >= 4 is 46.4 Å². The normalized spacial score (nSPS) is 12.6. The molecule has 2 aromatic carbocycles. The second-order valence-electron chi connectivity index (χ2n) is 6.10. The van der Waals surface area contributed by atoms with E-state index >= 15 is 0 Å². The molecule has 2 aromatic rings. The van der Waals surface area contributed by atoms with Gasteiger partial charge in [0.25, 0.3) is 11.8 Å². The summed E-state index contributed by atoms with van der Waals surface area (Å²) in [4.78, 5) is 25.3. The van der Waals surface area contributed by atoms with Gasteiger partial charge in [0, 0.05) is 11.4 Å². The van der Waals surface area contributed by atoms with Crippen LogP contribution in [0.15, 0.2) is 42.5 Å². The molecule has 0 saturated heterocycles. The molecule has 0 heterocycles. The highest BCUT2D eigenvalue weighted by atomic mass is 35.5. The molecule has 0 aliphatic heterocycles. The number of hydrogen-bond donors (Lipinski definition) is 3. The van der Waals surface area contributed by atoms with Gasteiger partial charge < -0.3 is 15.5 Å². The molecule has 0 bridgehead atoms. The van der Waals surface area contributed by atoms with E-state index in [0.717, 1.165) is 0 Å². The Labute approximate surface area is 167 Å². The van der Waals surface area contributed by atoms with Crippen LogP contribution in [0.1, 0.15) is 12.5 Å². The van der Waals surface area contributed by atoms with E-state index in [-0.39, 0.29) is 18.4 Å². The highest BCUT2D eigenvalue weighted by molar-refractivity contribution is 6.42. The molecule has 2 rings (SSSR count). The van der Waals surface area contributed by atoms with Crippen LogP contribution in [0.2, 0.25) is 10.0 Å². The minimum atomic E-state index is -0.477. The molecule has 140 valence electrons. The molecule has 1 unspecified atom stereocenters. The predicted molar refractivity (Wildman–Crippen MR) is 106 cm³/mol. The lowest BCUT2D eigenvalue weighted by atomic mass is 10.2. The quantitative estimate of drug-likeness (QED) is 0.689. The molecule has 0 aliphatic rings. The number of benzene rings is 2. The Bertz CT molecular complexity index is 896. The van der Waals surface area contributed by atoms with Crippen LogP contribution >= 0.6 is 23.2 Å². The van der Waals surface area contributed by atoms with E-state index in [2.05, 4.69) is 10.6 Å². The van der Waals surface area contributed by atoms with E-state index in [0.29, 0.717) is 31.9 Å². The fraction of sp³-hybridized carbons (Fsp3) is 0.211. The van der Waals surface area contributed by atoms with Crippen LogP contribution in [0.25, 0.3) is 0 Å². The number of nitrogens with zero attached hydrogens (tertiary/aromatic N) is 1. The van der Waals surface area contributed by atoms with Gasteiger partial charge in [-0.25, -0.2) is 0 Å². The van der Waals surface area contributed by atoms with Crippen molar-refractivity contribution in [1.29, 1.82) is 5.26 Å². The Kier molecular flexibility index (Phi) is 7.19. The van der Waals surface area contributed by atoms with E-state index in [1.807, 2.05) is 6.07 Å². The van der Waals surface area contributed by atoms with Gasteiger partial charge in [-0.3, -0.25) is 9.59 Å². The van der Waals surface area contributed by atoms with Gasteiger partial charge in [-0.05, 0) is 43.3 Å². The molecule has 3 N–H and O–H groups in total. The van der Waals surface area contributed by atoms with Gasteiger partial charge in [-0.15, -0.1) is 0 Å². The van der Waals surface area contributed by atoms with Gasteiger partial charge in [-0.2, -0.15) is 5.26 Å². The van der Waals surface area contributed by atoms with Gasteiger partial charge in [0.2, 0.25) is 0 Å². The van der Waals surface area contributed by atoms with Crippen LogP contribution in [-0.2, 0) is 9.59 Å². The van der Waals surface area contributed by atoms with Crippen LogP contribution in [0.5, 0.6) is 0 Å². The standard InChI is InChI=1S/C19H18Cl2N4O2/c1-12(19(27)24-14-5-3-4-13(8-14)10-22)25(2)11-18(26)23-15-6-7-16(20)17(21)9-15/h3-9,12H,11H2,1-2H3,(H,23,26)(H,24,27)/p+1/t12-/m0/s1. The number of nitrogens with one attached hydrogen (secondary N) is 3. The van der Waals surface area contributed by atoms with Gasteiger partial charge in [-0.1, -0.05) is 29.3 Å². The summed E-state index contributed by atoms with van der Waals surface area (Å²) in [6.07, 6.45) is 0. The van der Waals surface area contributed by atoms with Crippen molar-refractivity contribution in [3.63, 3.8) is 0 Å². The maximum absolute atomic E-state index is 12.4.